The quantitative estimate of drug-likeness (QED) is 0.736. The Bertz CT molecular complexity index is 958. The monoisotopic (exact) mass is 398 g/mol. The number of phenolic OH excluding ortho intramolecular Hbond substituents is 1. The summed E-state index contributed by atoms with van der Waals surface area (Å²) in [7, 11) is 3.24. The molecule has 2 aliphatic rings. The van der Waals surface area contributed by atoms with Crippen LogP contribution in [0.15, 0.2) is 36.4 Å². The predicted molar refractivity (Wildman–Crippen MR) is 108 cm³/mol. The SMILES string of the molecule is COc1ccc([C@@H]2C[C@@]3(CC(C)(C)NC(=O)N3)Oc3cc(O)ccc32)c(OC)c1. The maximum atomic E-state index is 12.4. The van der Waals surface area contributed by atoms with Crippen LogP contribution in [0, 0.1) is 0 Å². The fraction of sp³-hybridized carbons (Fsp3) is 0.409. The number of methoxy groups -OCH3 is 2. The minimum Gasteiger partial charge on any atom is -0.508 e. The summed E-state index contributed by atoms with van der Waals surface area (Å²) in [5.74, 6) is 1.96. The van der Waals surface area contributed by atoms with Gasteiger partial charge in [0, 0.05) is 47.6 Å². The number of aromatic hydroxyl groups is 1. The van der Waals surface area contributed by atoms with Crippen molar-refractivity contribution in [3.63, 3.8) is 0 Å². The lowest BCUT2D eigenvalue weighted by Crippen LogP contribution is -2.69. The molecule has 0 aliphatic carbocycles. The number of ether oxygens (including phenoxy) is 3. The largest absolute Gasteiger partial charge is 0.508 e. The number of hydrogen-bond donors (Lipinski definition) is 3. The molecule has 0 radical (unpaired) electrons. The highest BCUT2D eigenvalue weighted by atomic mass is 16.5. The van der Waals surface area contributed by atoms with Gasteiger partial charge in [0.15, 0.2) is 5.72 Å². The van der Waals surface area contributed by atoms with Gasteiger partial charge in [0.2, 0.25) is 0 Å². The van der Waals surface area contributed by atoms with E-state index < -0.39 is 11.3 Å². The zero-order valence-corrected chi connectivity index (χ0v) is 17.0. The molecule has 1 spiro atoms. The van der Waals surface area contributed by atoms with Crippen molar-refractivity contribution in [1.29, 1.82) is 0 Å². The van der Waals surface area contributed by atoms with Gasteiger partial charge in [-0.1, -0.05) is 12.1 Å². The van der Waals surface area contributed by atoms with E-state index in [9.17, 15) is 9.90 Å². The molecule has 0 bridgehead atoms. The maximum Gasteiger partial charge on any atom is 0.318 e. The number of benzene rings is 2. The molecular weight excluding hydrogens is 372 g/mol. The van der Waals surface area contributed by atoms with E-state index in [0.717, 1.165) is 11.1 Å². The maximum absolute atomic E-state index is 12.4. The number of fused-ring (bicyclic) bond motifs is 1. The highest BCUT2D eigenvalue weighted by Crippen LogP contribution is 2.49. The van der Waals surface area contributed by atoms with Crippen LogP contribution in [-0.2, 0) is 0 Å². The zero-order chi connectivity index (χ0) is 20.8. The van der Waals surface area contributed by atoms with E-state index in [1.807, 2.05) is 38.1 Å². The fourth-order valence-corrected chi connectivity index (χ4v) is 4.51. The van der Waals surface area contributed by atoms with Crippen molar-refractivity contribution >= 4 is 6.03 Å². The molecule has 2 aromatic carbocycles. The van der Waals surface area contributed by atoms with Crippen LogP contribution in [-0.4, -0.2) is 36.6 Å². The highest BCUT2D eigenvalue weighted by molar-refractivity contribution is 5.77. The Labute approximate surface area is 170 Å². The molecule has 1 saturated heterocycles. The smallest absolute Gasteiger partial charge is 0.318 e. The molecule has 1 fully saturated rings. The van der Waals surface area contributed by atoms with E-state index in [2.05, 4.69) is 10.6 Å². The Morgan fingerprint density at radius 2 is 1.83 bits per heavy atom. The van der Waals surface area contributed by atoms with Crippen LogP contribution >= 0.6 is 0 Å². The molecule has 29 heavy (non-hydrogen) atoms. The number of amides is 2. The van der Waals surface area contributed by atoms with E-state index in [0.29, 0.717) is 30.1 Å². The fourth-order valence-electron chi connectivity index (χ4n) is 4.51. The van der Waals surface area contributed by atoms with Gasteiger partial charge >= 0.3 is 6.03 Å². The first-order valence-corrected chi connectivity index (χ1v) is 9.58. The molecule has 2 aliphatic heterocycles. The van der Waals surface area contributed by atoms with Gasteiger partial charge in [-0.15, -0.1) is 0 Å². The second-order valence-corrected chi connectivity index (χ2v) is 8.32. The Hall–Kier alpha value is -3.09. The number of urea groups is 1. The molecule has 7 heteroatoms. The van der Waals surface area contributed by atoms with Crippen LogP contribution in [0.1, 0.15) is 43.7 Å². The lowest BCUT2D eigenvalue weighted by Gasteiger charge is -2.49. The Balaban J connectivity index is 1.84. The van der Waals surface area contributed by atoms with Gasteiger partial charge in [0.25, 0.3) is 0 Å². The molecule has 7 nitrogen and oxygen atoms in total. The highest BCUT2D eigenvalue weighted by Gasteiger charge is 2.50. The number of phenols is 1. The van der Waals surface area contributed by atoms with Gasteiger partial charge in [-0.3, -0.25) is 0 Å². The summed E-state index contributed by atoms with van der Waals surface area (Å²) < 4.78 is 17.3. The average molecular weight is 398 g/mol. The third kappa shape index (κ3) is 3.52. The summed E-state index contributed by atoms with van der Waals surface area (Å²) in [6.45, 7) is 3.94. The lowest BCUT2D eigenvalue weighted by atomic mass is 9.77. The Kier molecular flexibility index (Phi) is 4.48. The van der Waals surface area contributed by atoms with Crippen LogP contribution in [0.4, 0.5) is 4.79 Å². The van der Waals surface area contributed by atoms with Crippen molar-refractivity contribution in [2.45, 2.75) is 43.9 Å². The van der Waals surface area contributed by atoms with Crippen molar-refractivity contribution < 1.29 is 24.1 Å². The van der Waals surface area contributed by atoms with Gasteiger partial charge in [-0.05, 0) is 26.0 Å². The first-order chi connectivity index (χ1) is 13.7. The number of hydrogen-bond acceptors (Lipinski definition) is 5. The second-order valence-electron chi connectivity index (χ2n) is 8.32. The van der Waals surface area contributed by atoms with E-state index >= 15 is 0 Å². The van der Waals surface area contributed by atoms with Crippen LogP contribution in [0.25, 0.3) is 0 Å². The molecule has 154 valence electrons. The number of carbonyl (C=O) groups excluding carboxylic acids is 1. The normalized spacial score (nSPS) is 24.7. The van der Waals surface area contributed by atoms with Gasteiger partial charge in [0.05, 0.1) is 14.2 Å². The summed E-state index contributed by atoms with van der Waals surface area (Å²) in [5.41, 5.74) is 0.559. The van der Waals surface area contributed by atoms with Gasteiger partial charge in [0.1, 0.15) is 23.0 Å². The molecule has 0 aromatic heterocycles. The summed E-state index contributed by atoms with van der Waals surface area (Å²) in [6, 6.07) is 10.6. The minimum atomic E-state index is -0.901. The topological polar surface area (TPSA) is 89.1 Å². The first kappa shape index (κ1) is 19.2. The second kappa shape index (κ2) is 6.76. The number of rotatable bonds is 3. The average Bonchev–Trinajstić information content (AvgIpc) is 2.64. The molecule has 2 aromatic rings. The summed E-state index contributed by atoms with van der Waals surface area (Å²) in [5, 5.41) is 16.0. The summed E-state index contributed by atoms with van der Waals surface area (Å²) in [4.78, 5) is 12.4. The molecule has 4 rings (SSSR count). The van der Waals surface area contributed by atoms with Crippen molar-refractivity contribution in [3.8, 4) is 23.0 Å². The summed E-state index contributed by atoms with van der Waals surface area (Å²) >= 11 is 0. The van der Waals surface area contributed by atoms with Gasteiger partial charge < -0.3 is 30.0 Å². The zero-order valence-electron chi connectivity index (χ0n) is 17.0. The third-order valence-electron chi connectivity index (χ3n) is 5.55. The van der Waals surface area contributed by atoms with Crippen LogP contribution in [0.5, 0.6) is 23.0 Å². The predicted octanol–water partition coefficient (Wildman–Crippen LogP) is 3.50. The van der Waals surface area contributed by atoms with E-state index in [1.165, 1.54) is 0 Å². The number of carbonyl (C=O) groups is 1. The van der Waals surface area contributed by atoms with Crippen LogP contribution in [0.3, 0.4) is 0 Å². The molecule has 2 amide bonds. The van der Waals surface area contributed by atoms with Gasteiger partial charge in [-0.2, -0.15) is 0 Å². The molecule has 0 unspecified atom stereocenters. The molecule has 0 saturated carbocycles. The van der Waals surface area contributed by atoms with Crippen molar-refractivity contribution in [2.24, 2.45) is 0 Å². The molecule has 2 atom stereocenters. The molecule has 2 heterocycles. The summed E-state index contributed by atoms with van der Waals surface area (Å²) in [6.07, 6.45) is 1.10. The van der Waals surface area contributed by atoms with Gasteiger partial charge in [-0.25, -0.2) is 4.79 Å². The van der Waals surface area contributed by atoms with E-state index in [4.69, 9.17) is 14.2 Å². The Morgan fingerprint density at radius 3 is 2.52 bits per heavy atom. The van der Waals surface area contributed by atoms with E-state index in [-0.39, 0.29) is 17.7 Å². The lowest BCUT2D eigenvalue weighted by molar-refractivity contribution is -0.0237. The Morgan fingerprint density at radius 1 is 1.07 bits per heavy atom. The third-order valence-corrected chi connectivity index (χ3v) is 5.55. The van der Waals surface area contributed by atoms with Crippen molar-refractivity contribution in [1.82, 2.24) is 10.6 Å². The van der Waals surface area contributed by atoms with Crippen molar-refractivity contribution in [3.05, 3.63) is 47.5 Å². The standard InChI is InChI=1S/C22H26N2O5/c1-21(2)12-22(24-20(26)23-21)11-17(16-7-5-13(25)9-19(16)29-22)15-8-6-14(27-3)10-18(15)28-4/h5-10,17,25H,11-12H2,1-4H3,(H2,23,24,26)/t17-,22-/m0/s1. The molecule has 3 N–H and O–H groups in total. The van der Waals surface area contributed by atoms with E-state index in [1.54, 1.807) is 26.4 Å². The van der Waals surface area contributed by atoms with Crippen LogP contribution < -0.4 is 24.8 Å². The minimum absolute atomic E-state index is 0.102. The first-order valence-electron chi connectivity index (χ1n) is 9.58. The number of nitrogens with one attached hydrogen (secondary N) is 2. The van der Waals surface area contributed by atoms with Crippen molar-refractivity contribution in [2.75, 3.05) is 14.2 Å². The molecular formula is C22H26N2O5. The van der Waals surface area contributed by atoms with Crippen LogP contribution in [0.2, 0.25) is 0 Å².